The van der Waals surface area contributed by atoms with Crippen molar-refractivity contribution in [2.45, 2.75) is 78.6 Å². The van der Waals surface area contributed by atoms with Gasteiger partial charge in [0.1, 0.15) is 0 Å². The second kappa shape index (κ2) is 8.61. The zero-order chi connectivity index (χ0) is 23.3. The molecule has 7 atom stereocenters. The molecule has 4 aliphatic carbocycles. The minimum Gasteiger partial charge on any atom is -0.468 e. The lowest BCUT2D eigenvalue weighted by Gasteiger charge is -2.58. The quantitative estimate of drug-likeness (QED) is 0.435. The number of carbonyl (C=O) groups is 3. The van der Waals surface area contributed by atoms with Crippen molar-refractivity contribution in [3.63, 3.8) is 0 Å². The standard InChI is InChI=1S/C27H40O5/c1-16(14-20(24(29)31-4)25(30)32-5)21-8-9-22-19-7-6-17-15-18(28)10-12-26(17,2)23(19)11-13-27(21,22)3/h15-16,19-23H,6-14H2,1-5H3/t16-,19+,21-,22+,23+,26+,27-/m1/s1. The van der Waals surface area contributed by atoms with Gasteiger partial charge in [-0.2, -0.15) is 0 Å². The average molecular weight is 445 g/mol. The highest BCUT2D eigenvalue weighted by Gasteiger charge is 2.59. The molecule has 4 rings (SSSR count). The lowest BCUT2D eigenvalue weighted by atomic mass is 9.46. The Kier molecular flexibility index (Phi) is 6.32. The predicted molar refractivity (Wildman–Crippen MR) is 122 cm³/mol. The molecule has 0 spiro atoms. The van der Waals surface area contributed by atoms with Gasteiger partial charge in [0.15, 0.2) is 11.7 Å². The molecule has 178 valence electrons. The zero-order valence-electron chi connectivity index (χ0n) is 20.4. The van der Waals surface area contributed by atoms with Gasteiger partial charge in [-0.15, -0.1) is 0 Å². The fraction of sp³-hybridized carbons (Fsp3) is 0.815. The lowest BCUT2D eigenvalue weighted by Crippen LogP contribution is -2.51. The molecule has 0 N–H and O–H groups in total. The maximum atomic E-state index is 12.3. The van der Waals surface area contributed by atoms with Crippen molar-refractivity contribution in [3.8, 4) is 0 Å². The minimum atomic E-state index is -0.833. The second-order valence-corrected chi connectivity index (χ2v) is 11.5. The summed E-state index contributed by atoms with van der Waals surface area (Å²) in [5, 5.41) is 0. The summed E-state index contributed by atoms with van der Waals surface area (Å²) in [6.45, 7) is 7.11. The van der Waals surface area contributed by atoms with Crippen molar-refractivity contribution >= 4 is 17.7 Å². The van der Waals surface area contributed by atoms with E-state index in [1.165, 1.54) is 51.9 Å². The number of allylic oxidation sites excluding steroid dienone is 1. The zero-order valence-corrected chi connectivity index (χ0v) is 20.4. The highest BCUT2D eigenvalue weighted by Crippen LogP contribution is 2.67. The van der Waals surface area contributed by atoms with Crippen LogP contribution in [0, 0.1) is 46.3 Å². The van der Waals surface area contributed by atoms with E-state index in [1.54, 1.807) is 0 Å². The molecule has 4 aliphatic rings. The van der Waals surface area contributed by atoms with Crippen LogP contribution in [0.3, 0.4) is 0 Å². The largest absolute Gasteiger partial charge is 0.468 e. The monoisotopic (exact) mass is 444 g/mol. The van der Waals surface area contributed by atoms with Gasteiger partial charge in [-0.3, -0.25) is 14.4 Å². The topological polar surface area (TPSA) is 69.7 Å². The molecular weight excluding hydrogens is 404 g/mol. The van der Waals surface area contributed by atoms with Crippen LogP contribution >= 0.6 is 0 Å². The highest BCUT2D eigenvalue weighted by molar-refractivity contribution is 5.94. The molecule has 3 fully saturated rings. The molecule has 0 aromatic rings. The van der Waals surface area contributed by atoms with Crippen molar-refractivity contribution < 1.29 is 23.9 Å². The van der Waals surface area contributed by atoms with Gasteiger partial charge in [-0.1, -0.05) is 26.3 Å². The van der Waals surface area contributed by atoms with E-state index < -0.39 is 17.9 Å². The number of ketones is 1. The number of hydrogen-bond acceptors (Lipinski definition) is 5. The van der Waals surface area contributed by atoms with Crippen molar-refractivity contribution in [1.29, 1.82) is 0 Å². The Morgan fingerprint density at radius 1 is 1.00 bits per heavy atom. The summed E-state index contributed by atoms with van der Waals surface area (Å²) in [6.07, 6.45) is 11.3. The van der Waals surface area contributed by atoms with E-state index in [4.69, 9.17) is 9.47 Å². The molecule has 0 saturated heterocycles. The maximum Gasteiger partial charge on any atom is 0.320 e. The summed E-state index contributed by atoms with van der Waals surface area (Å²) < 4.78 is 9.80. The van der Waals surface area contributed by atoms with Crippen molar-refractivity contribution in [1.82, 2.24) is 0 Å². The summed E-state index contributed by atoms with van der Waals surface area (Å²) >= 11 is 0. The van der Waals surface area contributed by atoms with Crippen LogP contribution in [0.5, 0.6) is 0 Å². The number of methoxy groups -OCH3 is 2. The molecule has 3 saturated carbocycles. The molecular formula is C27H40O5. The van der Waals surface area contributed by atoms with E-state index in [0.29, 0.717) is 36.4 Å². The van der Waals surface area contributed by atoms with Crippen LogP contribution in [0.25, 0.3) is 0 Å². The summed E-state index contributed by atoms with van der Waals surface area (Å²) in [5.41, 5.74) is 1.86. The second-order valence-electron chi connectivity index (χ2n) is 11.5. The van der Waals surface area contributed by atoms with Gasteiger partial charge < -0.3 is 9.47 Å². The Morgan fingerprint density at radius 2 is 1.69 bits per heavy atom. The molecule has 0 amide bonds. The summed E-state index contributed by atoms with van der Waals surface area (Å²) in [4.78, 5) is 36.6. The summed E-state index contributed by atoms with van der Waals surface area (Å²) in [5.74, 6) is 1.36. The molecule has 32 heavy (non-hydrogen) atoms. The van der Waals surface area contributed by atoms with Crippen LogP contribution in [0.2, 0.25) is 0 Å². The molecule has 5 nitrogen and oxygen atoms in total. The first-order chi connectivity index (χ1) is 15.2. The molecule has 0 heterocycles. The third kappa shape index (κ3) is 3.64. The number of fused-ring (bicyclic) bond motifs is 5. The normalized spacial score (nSPS) is 39.4. The van der Waals surface area contributed by atoms with Gasteiger partial charge in [0.05, 0.1) is 14.2 Å². The number of hydrogen-bond donors (Lipinski definition) is 0. The highest BCUT2D eigenvalue weighted by atomic mass is 16.5. The third-order valence-electron chi connectivity index (χ3n) is 10.3. The van der Waals surface area contributed by atoms with Crippen molar-refractivity contribution in [2.24, 2.45) is 46.3 Å². The maximum absolute atomic E-state index is 12.3. The van der Waals surface area contributed by atoms with Crippen LogP contribution < -0.4 is 0 Å². The fourth-order valence-electron chi connectivity index (χ4n) is 8.64. The molecule has 0 aromatic carbocycles. The van der Waals surface area contributed by atoms with Crippen LogP contribution in [-0.2, 0) is 23.9 Å². The first kappa shape index (κ1) is 23.5. The van der Waals surface area contributed by atoms with E-state index in [1.807, 2.05) is 6.08 Å². The Balaban J connectivity index is 1.53. The van der Waals surface area contributed by atoms with Gasteiger partial charge in [-0.05, 0) is 97.9 Å². The van der Waals surface area contributed by atoms with Crippen LogP contribution in [0.4, 0.5) is 0 Å². The Labute approximate surface area is 192 Å². The Morgan fingerprint density at radius 3 is 2.34 bits per heavy atom. The molecule has 0 aliphatic heterocycles. The number of rotatable bonds is 5. The van der Waals surface area contributed by atoms with Gasteiger partial charge in [-0.25, -0.2) is 0 Å². The van der Waals surface area contributed by atoms with E-state index >= 15 is 0 Å². The Hall–Kier alpha value is -1.65. The number of esters is 2. The Bertz CT molecular complexity index is 799. The van der Waals surface area contributed by atoms with Crippen LogP contribution in [-0.4, -0.2) is 31.9 Å². The molecule has 0 aromatic heterocycles. The minimum absolute atomic E-state index is 0.197. The van der Waals surface area contributed by atoms with E-state index in [9.17, 15) is 14.4 Å². The average Bonchev–Trinajstić information content (AvgIpc) is 3.14. The first-order valence-electron chi connectivity index (χ1n) is 12.5. The molecule has 0 unspecified atom stereocenters. The van der Waals surface area contributed by atoms with E-state index in [-0.39, 0.29) is 16.7 Å². The van der Waals surface area contributed by atoms with Gasteiger partial charge in [0.2, 0.25) is 0 Å². The van der Waals surface area contributed by atoms with Crippen LogP contribution in [0.1, 0.15) is 78.6 Å². The molecule has 0 bridgehead atoms. The smallest absolute Gasteiger partial charge is 0.320 e. The van der Waals surface area contributed by atoms with Crippen molar-refractivity contribution in [3.05, 3.63) is 11.6 Å². The fourth-order valence-corrected chi connectivity index (χ4v) is 8.64. The summed E-state index contributed by atoms with van der Waals surface area (Å²) in [7, 11) is 2.67. The van der Waals surface area contributed by atoms with Crippen LogP contribution in [0.15, 0.2) is 11.6 Å². The number of ether oxygens (including phenoxy) is 2. The van der Waals surface area contributed by atoms with Gasteiger partial charge in [0, 0.05) is 6.42 Å². The van der Waals surface area contributed by atoms with Crippen molar-refractivity contribution in [2.75, 3.05) is 14.2 Å². The lowest BCUT2D eigenvalue weighted by molar-refractivity contribution is -0.160. The predicted octanol–water partition coefficient (Wildman–Crippen LogP) is 5.12. The molecule has 0 radical (unpaired) electrons. The van der Waals surface area contributed by atoms with E-state index in [2.05, 4.69) is 20.8 Å². The van der Waals surface area contributed by atoms with Gasteiger partial charge in [0.25, 0.3) is 0 Å². The van der Waals surface area contributed by atoms with Gasteiger partial charge >= 0.3 is 11.9 Å². The first-order valence-corrected chi connectivity index (χ1v) is 12.5. The number of carbonyl (C=O) groups excluding carboxylic acids is 3. The summed E-state index contributed by atoms with van der Waals surface area (Å²) in [6, 6.07) is 0. The molecule has 5 heteroatoms. The van der Waals surface area contributed by atoms with E-state index in [0.717, 1.165) is 18.8 Å². The SMILES string of the molecule is COC(=O)C(C[C@@H](C)[C@H]1CC[C@H]2[C@@H]3CCC4=CC(=O)CC[C@]4(C)[C@H]3CC[C@]12C)C(=O)OC. The third-order valence-corrected chi connectivity index (χ3v) is 10.3.